The first-order valence-corrected chi connectivity index (χ1v) is 9.12. The highest BCUT2D eigenvalue weighted by Crippen LogP contribution is 2.18. The van der Waals surface area contributed by atoms with Crippen molar-refractivity contribution in [2.45, 2.75) is 0 Å². The fourth-order valence-corrected chi connectivity index (χ4v) is 2.64. The number of benzene rings is 3. The lowest BCUT2D eigenvalue weighted by atomic mass is 10.2. The predicted octanol–water partition coefficient (Wildman–Crippen LogP) is 4.88. The largest absolute Gasteiger partial charge is 0.423 e. The van der Waals surface area contributed by atoms with E-state index in [1.54, 1.807) is 54.7 Å². The molecule has 0 radical (unpaired) electrons. The second-order valence-electron chi connectivity index (χ2n) is 5.63. The van der Waals surface area contributed by atoms with Crippen molar-refractivity contribution < 1.29 is 9.53 Å². The molecule has 0 bridgehead atoms. The average Bonchev–Trinajstić information content (AvgIpc) is 2.70. The SMILES string of the molecule is O=C(Oc1ccc(/C=N\NC(=S)Nc2ccccc2)cc1)c1ccccc1Cl. The Hall–Kier alpha value is -3.22. The van der Waals surface area contributed by atoms with Crippen LogP contribution < -0.4 is 15.5 Å². The Morgan fingerprint density at radius 3 is 2.36 bits per heavy atom. The van der Waals surface area contributed by atoms with Gasteiger partial charge < -0.3 is 10.1 Å². The van der Waals surface area contributed by atoms with Crippen LogP contribution in [0.5, 0.6) is 5.75 Å². The van der Waals surface area contributed by atoms with Crippen LogP contribution in [0.4, 0.5) is 5.69 Å². The topological polar surface area (TPSA) is 62.7 Å². The quantitative estimate of drug-likeness (QED) is 0.207. The summed E-state index contributed by atoms with van der Waals surface area (Å²) in [6, 6.07) is 23.2. The molecule has 3 aromatic carbocycles. The van der Waals surface area contributed by atoms with Gasteiger partial charge in [-0.05, 0) is 66.3 Å². The van der Waals surface area contributed by atoms with E-state index < -0.39 is 5.97 Å². The summed E-state index contributed by atoms with van der Waals surface area (Å²) in [5.74, 6) is -0.0951. The number of rotatable bonds is 5. The summed E-state index contributed by atoms with van der Waals surface area (Å²) in [4.78, 5) is 12.2. The lowest BCUT2D eigenvalue weighted by Crippen LogP contribution is -2.23. The van der Waals surface area contributed by atoms with Crippen LogP contribution in [0, 0.1) is 0 Å². The number of esters is 1. The summed E-state index contributed by atoms with van der Waals surface area (Å²) < 4.78 is 5.33. The molecule has 5 nitrogen and oxygen atoms in total. The minimum atomic E-state index is -0.508. The van der Waals surface area contributed by atoms with E-state index in [0.717, 1.165) is 11.3 Å². The number of hydrogen-bond donors (Lipinski definition) is 2. The van der Waals surface area contributed by atoms with Crippen molar-refractivity contribution in [1.82, 2.24) is 5.43 Å². The third-order valence-electron chi connectivity index (χ3n) is 3.60. The predicted molar refractivity (Wildman–Crippen MR) is 116 cm³/mol. The zero-order valence-electron chi connectivity index (χ0n) is 14.6. The summed E-state index contributed by atoms with van der Waals surface area (Å²) in [5, 5.41) is 7.83. The van der Waals surface area contributed by atoms with E-state index >= 15 is 0 Å². The molecule has 7 heteroatoms. The fourth-order valence-electron chi connectivity index (χ4n) is 2.26. The van der Waals surface area contributed by atoms with Gasteiger partial charge in [0.15, 0.2) is 5.11 Å². The highest BCUT2D eigenvalue weighted by molar-refractivity contribution is 7.80. The summed E-state index contributed by atoms with van der Waals surface area (Å²) in [5.41, 5.74) is 4.75. The fraction of sp³-hybridized carbons (Fsp3) is 0. The zero-order chi connectivity index (χ0) is 19.8. The molecule has 0 atom stereocenters. The minimum Gasteiger partial charge on any atom is -0.423 e. The first-order chi connectivity index (χ1) is 13.6. The molecule has 28 heavy (non-hydrogen) atoms. The first-order valence-electron chi connectivity index (χ1n) is 8.34. The normalized spacial score (nSPS) is 10.5. The molecule has 3 aromatic rings. The number of carbonyl (C=O) groups excluding carboxylic acids is 1. The molecular weight excluding hydrogens is 394 g/mol. The van der Waals surface area contributed by atoms with Gasteiger partial charge in [0.1, 0.15) is 5.75 Å². The van der Waals surface area contributed by atoms with E-state index in [0.29, 0.717) is 21.4 Å². The molecule has 0 aliphatic carbocycles. The van der Waals surface area contributed by atoms with Gasteiger partial charge in [-0.2, -0.15) is 5.10 Å². The molecule has 0 heterocycles. The Kier molecular flexibility index (Phi) is 6.73. The molecule has 0 amide bonds. The zero-order valence-corrected chi connectivity index (χ0v) is 16.2. The second-order valence-corrected chi connectivity index (χ2v) is 6.44. The molecule has 0 unspecified atom stereocenters. The molecule has 0 saturated carbocycles. The van der Waals surface area contributed by atoms with Crippen molar-refractivity contribution in [2.75, 3.05) is 5.32 Å². The molecule has 0 aliphatic heterocycles. The number of anilines is 1. The third-order valence-corrected chi connectivity index (χ3v) is 4.12. The minimum absolute atomic E-state index is 0.318. The molecule has 0 fully saturated rings. The number of ether oxygens (including phenoxy) is 1. The van der Waals surface area contributed by atoms with Gasteiger partial charge >= 0.3 is 5.97 Å². The Morgan fingerprint density at radius 2 is 1.64 bits per heavy atom. The highest BCUT2D eigenvalue weighted by Gasteiger charge is 2.11. The molecule has 2 N–H and O–H groups in total. The van der Waals surface area contributed by atoms with E-state index in [4.69, 9.17) is 28.6 Å². The van der Waals surface area contributed by atoms with Gasteiger partial charge in [0.2, 0.25) is 0 Å². The second kappa shape index (κ2) is 9.64. The van der Waals surface area contributed by atoms with Crippen LogP contribution in [0.15, 0.2) is 84.0 Å². The van der Waals surface area contributed by atoms with Crippen LogP contribution in [0.2, 0.25) is 5.02 Å². The van der Waals surface area contributed by atoms with Crippen molar-refractivity contribution in [3.63, 3.8) is 0 Å². The Morgan fingerprint density at radius 1 is 0.964 bits per heavy atom. The van der Waals surface area contributed by atoms with E-state index in [1.165, 1.54) is 0 Å². The summed E-state index contributed by atoms with van der Waals surface area (Å²) in [6.07, 6.45) is 1.61. The standard InChI is InChI=1S/C21H16ClN3O2S/c22-19-9-5-4-8-18(19)20(26)27-17-12-10-15(11-13-17)14-23-25-21(28)24-16-6-2-1-3-7-16/h1-14H,(H2,24,25,28)/b23-14-. The average molecular weight is 410 g/mol. The lowest BCUT2D eigenvalue weighted by Gasteiger charge is -2.07. The monoisotopic (exact) mass is 409 g/mol. The van der Waals surface area contributed by atoms with Gasteiger partial charge in [0, 0.05) is 5.69 Å². The number of thiocarbonyl (C=S) groups is 1. The maximum absolute atomic E-state index is 12.2. The Labute approximate surface area is 173 Å². The van der Waals surface area contributed by atoms with Crippen molar-refractivity contribution in [2.24, 2.45) is 5.10 Å². The van der Waals surface area contributed by atoms with Crippen LogP contribution in [0.3, 0.4) is 0 Å². The highest BCUT2D eigenvalue weighted by atomic mass is 35.5. The lowest BCUT2D eigenvalue weighted by molar-refractivity contribution is 0.0735. The van der Waals surface area contributed by atoms with E-state index in [9.17, 15) is 4.79 Å². The van der Waals surface area contributed by atoms with Crippen molar-refractivity contribution >= 4 is 46.8 Å². The molecule has 0 aromatic heterocycles. The molecule has 3 rings (SSSR count). The molecule has 0 aliphatic rings. The van der Waals surface area contributed by atoms with Gasteiger partial charge in [-0.15, -0.1) is 0 Å². The van der Waals surface area contributed by atoms with Crippen molar-refractivity contribution in [3.05, 3.63) is 95.0 Å². The van der Waals surface area contributed by atoms with E-state index in [2.05, 4.69) is 15.8 Å². The molecule has 0 spiro atoms. The van der Waals surface area contributed by atoms with Gasteiger partial charge in [0.25, 0.3) is 0 Å². The number of nitrogens with zero attached hydrogens (tertiary/aromatic N) is 1. The smallest absolute Gasteiger partial charge is 0.345 e. The van der Waals surface area contributed by atoms with Gasteiger partial charge in [-0.1, -0.05) is 41.9 Å². The first kappa shape index (κ1) is 19.5. The van der Waals surface area contributed by atoms with Gasteiger partial charge in [0.05, 0.1) is 16.8 Å². The Balaban J connectivity index is 1.52. The van der Waals surface area contributed by atoms with E-state index in [1.807, 2.05) is 30.3 Å². The van der Waals surface area contributed by atoms with Crippen LogP contribution in [-0.2, 0) is 0 Å². The third kappa shape index (κ3) is 5.64. The summed E-state index contributed by atoms with van der Waals surface area (Å²) in [6.45, 7) is 0. The maximum atomic E-state index is 12.2. The van der Waals surface area contributed by atoms with Gasteiger partial charge in [-0.25, -0.2) is 4.79 Å². The number of hydrazone groups is 1. The van der Waals surface area contributed by atoms with Crippen LogP contribution in [0.1, 0.15) is 15.9 Å². The van der Waals surface area contributed by atoms with Crippen LogP contribution >= 0.6 is 23.8 Å². The van der Waals surface area contributed by atoms with Crippen LogP contribution in [0.25, 0.3) is 0 Å². The van der Waals surface area contributed by atoms with Gasteiger partial charge in [-0.3, -0.25) is 5.43 Å². The number of para-hydroxylation sites is 1. The van der Waals surface area contributed by atoms with Crippen molar-refractivity contribution in [3.8, 4) is 5.75 Å². The number of halogens is 1. The molecule has 140 valence electrons. The maximum Gasteiger partial charge on any atom is 0.345 e. The van der Waals surface area contributed by atoms with E-state index in [-0.39, 0.29) is 0 Å². The molecular formula is C21H16ClN3O2S. The Bertz CT molecular complexity index is 992. The van der Waals surface area contributed by atoms with Crippen molar-refractivity contribution in [1.29, 1.82) is 0 Å². The number of hydrogen-bond acceptors (Lipinski definition) is 4. The van der Waals surface area contributed by atoms with Crippen LogP contribution in [-0.4, -0.2) is 17.3 Å². The number of carbonyl (C=O) groups is 1. The number of nitrogens with one attached hydrogen (secondary N) is 2. The summed E-state index contributed by atoms with van der Waals surface area (Å²) in [7, 11) is 0. The summed E-state index contributed by atoms with van der Waals surface area (Å²) >= 11 is 11.2. The molecule has 0 saturated heterocycles.